The molecule has 1 aromatic heterocycles. The summed E-state index contributed by atoms with van der Waals surface area (Å²) in [4.78, 5) is 27.1. The van der Waals surface area contributed by atoms with Gasteiger partial charge in [0.05, 0.1) is 33.4 Å². The van der Waals surface area contributed by atoms with Crippen LogP contribution in [-0.4, -0.2) is 22.9 Å². The minimum Gasteiger partial charge on any atom is -0.494 e. The Morgan fingerprint density at radius 3 is 2.72 bits per heavy atom. The maximum atomic E-state index is 12.3. The fourth-order valence-corrected chi connectivity index (χ4v) is 3.54. The average Bonchev–Trinajstić information content (AvgIpc) is 2.95. The number of thiazole rings is 1. The van der Waals surface area contributed by atoms with Gasteiger partial charge in [0.2, 0.25) is 0 Å². The van der Waals surface area contributed by atoms with Crippen LogP contribution in [0.5, 0.6) is 5.75 Å². The van der Waals surface area contributed by atoms with Crippen LogP contribution in [0.15, 0.2) is 30.3 Å². The predicted molar refractivity (Wildman–Crippen MR) is 97.2 cm³/mol. The summed E-state index contributed by atoms with van der Waals surface area (Å²) >= 11 is 12.9. The molecule has 0 unspecified atom stereocenters. The van der Waals surface area contributed by atoms with Gasteiger partial charge in [-0.25, -0.2) is 4.98 Å². The van der Waals surface area contributed by atoms with Crippen molar-refractivity contribution in [1.82, 2.24) is 4.98 Å². The van der Waals surface area contributed by atoms with E-state index in [0.29, 0.717) is 15.2 Å². The van der Waals surface area contributed by atoms with Crippen LogP contribution < -0.4 is 10.1 Å². The molecule has 128 valence electrons. The van der Waals surface area contributed by atoms with E-state index in [1.54, 1.807) is 6.07 Å². The number of aromatic nitrogens is 1. The van der Waals surface area contributed by atoms with Crippen molar-refractivity contribution in [2.45, 2.75) is 0 Å². The summed E-state index contributed by atoms with van der Waals surface area (Å²) in [5.74, 6) is -0.209. The van der Waals surface area contributed by atoms with Gasteiger partial charge < -0.3 is 4.74 Å². The van der Waals surface area contributed by atoms with Crippen molar-refractivity contribution >= 4 is 61.5 Å². The second-order valence-corrected chi connectivity index (χ2v) is 6.72. The first kappa shape index (κ1) is 17.4. The van der Waals surface area contributed by atoms with Gasteiger partial charge in [0.25, 0.3) is 11.6 Å². The standard InChI is InChI=1S/C15H9Cl2N3O4S/c1-24-11-5-8(20(22)23)6-12-13(11)18-15(25-12)19-14(21)9-3-2-7(16)4-10(9)17/h2-6H,1H3,(H,18,19,21). The number of benzene rings is 2. The molecule has 7 nitrogen and oxygen atoms in total. The van der Waals surface area contributed by atoms with Gasteiger partial charge in [0, 0.05) is 11.1 Å². The van der Waals surface area contributed by atoms with Crippen molar-refractivity contribution in [3.05, 3.63) is 56.1 Å². The number of rotatable bonds is 4. The molecule has 0 radical (unpaired) electrons. The van der Waals surface area contributed by atoms with Gasteiger partial charge in [-0.1, -0.05) is 34.5 Å². The number of amides is 1. The number of nitrogens with zero attached hydrogens (tertiary/aromatic N) is 2. The highest BCUT2D eigenvalue weighted by Crippen LogP contribution is 2.36. The van der Waals surface area contributed by atoms with E-state index < -0.39 is 10.8 Å². The number of carbonyl (C=O) groups excluding carboxylic acids is 1. The molecule has 1 N–H and O–H groups in total. The maximum Gasteiger partial charge on any atom is 0.274 e. The molecule has 0 aliphatic heterocycles. The monoisotopic (exact) mass is 397 g/mol. The summed E-state index contributed by atoms with van der Waals surface area (Å²) in [7, 11) is 1.39. The van der Waals surface area contributed by atoms with Gasteiger partial charge in [-0.05, 0) is 18.2 Å². The fourth-order valence-electron chi connectivity index (χ4n) is 2.14. The van der Waals surface area contributed by atoms with E-state index in [2.05, 4.69) is 10.3 Å². The third kappa shape index (κ3) is 3.51. The number of hydrogen-bond acceptors (Lipinski definition) is 6. The summed E-state index contributed by atoms with van der Waals surface area (Å²) < 4.78 is 5.66. The van der Waals surface area contributed by atoms with Crippen LogP contribution in [0.3, 0.4) is 0 Å². The fraction of sp³-hybridized carbons (Fsp3) is 0.0667. The lowest BCUT2D eigenvalue weighted by molar-refractivity contribution is -0.384. The van der Waals surface area contributed by atoms with Crippen LogP contribution in [0.4, 0.5) is 10.8 Å². The summed E-state index contributed by atoms with van der Waals surface area (Å²) in [6.07, 6.45) is 0. The van der Waals surface area contributed by atoms with E-state index in [9.17, 15) is 14.9 Å². The number of non-ortho nitro benzene ring substituents is 1. The molecule has 0 fully saturated rings. The summed E-state index contributed by atoms with van der Waals surface area (Å²) in [6.45, 7) is 0. The third-order valence-electron chi connectivity index (χ3n) is 3.27. The number of carbonyl (C=O) groups is 1. The van der Waals surface area contributed by atoms with Crippen molar-refractivity contribution in [1.29, 1.82) is 0 Å². The number of fused-ring (bicyclic) bond motifs is 1. The Bertz CT molecular complexity index is 1010. The number of methoxy groups -OCH3 is 1. The van der Waals surface area contributed by atoms with Crippen LogP contribution in [0.1, 0.15) is 10.4 Å². The molecule has 0 bridgehead atoms. The lowest BCUT2D eigenvalue weighted by atomic mass is 10.2. The van der Waals surface area contributed by atoms with E-state index in [-0.39, 0.29) is 27.2 Å². The van der Waals surface area contributed by atoms with Crippen LogP contribution in [-0.2, 0) is 0 Å². The van der Waals surface area contributed by atoms with Crippen molar-refractivity contribution < 1.29 is 14.5 Å². The Kier molecular flexibility index (Phi) is 4.76. The highest BCUT2D eigenvalue weighted by atomic mass is 35.5. The van der Waals surface area contributed by atoms with Crippen LogP contribution >= 0.6 is 34.5 Å². The molecular weight excluding hydrogens is 389 g/mol. The van der Waals surface area contributed by atoms with Gasteiger partial charge in [-0.2, -0.15) is 0 Å². The minimum absolute atomic E-state index is 0.119. The van der Waals surface area contributed by atoms with Gasteiger partial charge in [0.15, 0.2) is 10.9 Å². The molecule has 3 rings (SSSR count). The zero-order valence-corrected chi connectivity index (χ0v) is 14.9. The Labute approximate surface area is 155 Å². The van der Waals surface area contributed by atoms with Gasteiger partial charge in [0.1, 0.15) is 5.52 Å². The van der Waals surface area contributed by atoms with Crippen LogP contribution in [0.25, 0.3) is 10.2 Å². The highest BCUT2D eigenvalue weighted by molar-refractivity contribution is 7.22. The Hall–Kier alpha value is -2.42. The summed E-state index contributed by atoms with van der Waals surface area (Å²) in [5.41, 5.74) is 0.547. The van der Waals surface area contributed by atoms with E-state index in [1.165, 1.54) is 31.4 Å². The lowest BCUT2D eigenvalue weighted by Crippen LogP contribution is -2.12. The maximum absolute atomic E-state index is 12.3. The highest BCUT2D eigenvalue weighted by Gasteiger charge is 2.18. The lowest BCUT2D eigenvalue weighted by Gasteiger charge is -2.04. The first-order chi connectivity index (χ1) is 11.9. The molecule has 10 heteroatoms. The molecule has 25 heavy (non-hydrogen) atoms. The first-order valence-corrected chi connectivity index (χ1v) is 8.35. The molecule has 0 atom stereocenters. The quantitative estimate of drug-likeness (QED) is 0.505. The van der Waals surface area contributed by atoms with E-state index >= 15 is 0 Å². The molecule has 0 spiro atoms. The Morgan fingerprint density at radius 2 is 2.08 bits per heavy atom. The number of nitro benzene ring substituents is 1. The van der Waals surface area contributed by atoms with Crippen molar-refractivity contribution in [2.24, 2.45) is 0 Å². The molecule has 0 saturated heterocycles. The summed E-state index contributed by atoms with van der Waals surface area (Å²) in [6, 6.07) is 7.17. The van der Waals surface area contributed by atoms with Crippen molar-refractivity contribution in [2.75, 3.05) is 12.4 Å². The first-order valence-electron chi connectivity index (χ1n) is 6.78. The molecule has 0 aliphatic rings. The normalized spacial score (nSPS) is 10.7. The number of hydrogen-bond donors (Lipinski definition) is 1. The Balaban J connectivity index is 1.96. The number of ether oxygens (including phenoxy) is 1. The largest absolute Gasteiger partial charge is 0.494 e. The van der Waals surface area contributed by atoms with E-state index in [0.717, 1.165) is 11.3 Å². The van der Waals surface area contributed by atoms with Gasteiger partial charge in [-0.15, -0.1) is 0 Å². The van der Waals surface area contributed by atoms with Crippen molar-refractivity contribution in [3.63, 3.8) is 0 Å². The van der Waals surface area contributed by atoms with Crippen LogP contribution in [0.2, 0.25) is 10.0 Å². The average molecular weight is 398 g/mol. The molecule has 1 heterocycles. The van der Waals surface area contributed by atoms with E-state index in [1.807, 2.05) is 0 Å². The van der Waals surface area contributed by atoms with Crippen molar-refractivity contribution in [3.8, 4) is 5.75 Å². The zero-order chi connectivity index (χ0) is 18.1. The number of anilines is 1. The molecule has 2 aromatic carbocycles. The SMILES string of the molecule is COc1cc([N+](=O)[O-])cc2sc(NC(=O)c3ccc(Cl)cc3Cl)nc12. The minimum atomic E-state index is -0.520. The molecule has 3 aromatic rings. The number of nitro groups is 1. The second kappa shape index (κ2) is 6.83. The molecule has 0 aliphatic carbocycles. The van der Waals surface area contributed by atoms with E-state index in [4.69, 9.17) is 27.9 Å². The predicted octanol–water partition coefficient (Wildman–Crippen LogP) is 4.77. The van der Waals surface area contributed by atoms with Crippen LogP contribution in [0, 0.1) is 10.1 Å². The molecular formula is C15H9Cl2N3O4S. The third-order valence-corrected chi connectivity index (χ3v) is 4.74. The number of halogens is 2. The topological polar surface area (TPSA) is 94.4 Å². The zero-order valence-electron chi connectivity index (χ0n) is 12.6. The molecule has 0 saturated carbocycles. The van der Waals surface area contributed by atoms with Gasteiger partial charge in [-0.3, -0.25) is 20.2 Å². The summed E-state index contributed by atoms with van der Waals surface area (Å²) in [5, 5.41) is 14.5. The van der Waals surface area contributed by atoms with Gasteiger partial charge >= 0.3 is 0 Å². The second-order valence-electron chi connectivity index (χ2n) is 4.85. The Morgan fingerprint density at radius 1 is 1.32 bits per heavy atom. The number of nitrogens with one attached hydrogen (secondary N) is 1. The smallest absolute Gasteiger partial charge is 0.274 e. The molecule has 1 amide bonds.